The zero-order valence-corrected chi connectivity index (χ0v) is 8.68. The van der Waals surface area contributed by atoms with Crippen molar-refractivity contribution in [2.24, 2.45) is 11.7 Å². The minimum absolute atomic E-state index is 0.00934. The molecule has 0 aliphatic carbocycles. The van der Waals surface area contributed by atoms with Gasteiger partial charge in [0, 0.05) is 32.6 Å². The van der Waals surface area contributed by atoms with Crippen molar-refractivity contribution in [3.63, 3.8) is 0 Å². The predicted molar refractivity (Wildman–Crippen MR) is 50.5 cm³/mol. The van der Waals surface area contributed by atoms with Gasteiger partial charge in [-0.1, -0.05) is 0 Å². The Morgan fingerprint density at radius 2 is 2.21 bits per heavy atom. The summed E-state index contributed by atoms with van der Waals surface area (Å²) in [6.45, 7) is -0.00934. The number of methoxy groups -OCH3 is 2. The van der Waals surface area contributed by atoms with E-state index in [1.165, 1.54) is 0 Å². The van der Waals surface area contributed by atoms with Gasteiger partial charge in [-0.15, -0.1) is 0 Å². The Hall–Kier alpha value is -0.200. The van der Waals surface area contributed by atoms with Crippen molar-refractivity contribution >= 4 is 0 Å². The van der Waals surface area contributed by atoms with Crippen LogP contribution in [0.3, 0.4) is 0 Å². The van der Waals surface area contributed by atoms with Gasteiger partial charge in [0.05, 0.1) is 6.61 Å². The van der Waals surface area contributed by atoms with Crippen LogP contribution in [0.2, 0.25) is 0 Å². The molecule has 0 radical (unpaired) electrons. The normalized spacial score (nSPS) is 34.7. The van der Waals surface area contributed by atoms with Gasteiger partial charge in [0.15, 0.2) is 12.6 Å². The van der Waals surface area contributed by atoms with Crippen molar-refractivity contribution in [2.75, 3.05) is 20.8 Å². The van der Waals surface area contributed by atoms with E-state index in [9.17, 15) is 0 Å². The number of rotatable bonds is 5. The molecule has 1 heterocycles. The van der Waals surface area contributed by atoms with E-state index in [1.54, 1.807) is 14.2 Å². The smallest absolute Gasteiger partial charge is 0.163 e. The second-order valence-corrected chi connectivity index (χ2v) is 3.58. The predicted octanol–water partition coefficient (Wildman–Crippen LogP) is -0.322. The average molecular weight is 205 g/mol. The van der Waals surface area contributed by atoms with Gasteiger partial charge >= 0.3 is 0 Å². The third-order valence-corrected chi connectivity index (χ3v) is 2.50. The van der Waals surface area contributed by atoms with E-state index in [4.69, 9.17) is 25.1 Å². The Kier molecular flexibility index (Phi) is 4.77. The Morgan fingerprint density at radius 3 is 2.71 bits per heavy atom. The maximum atomic E-state index is 8.84. The molecule has 1 saturated heterocycles. The first-order valence-corrected chi connectivity index (χ1v) is 4.78. The highest BCUT2D eigenvalue weighted by atomic mass is 16.8. The lowest BCUT2D eigenvalue weighted by atomic mass is 9.98. The summed E-state index contributed by atoms with van der Waals surface area (Å²) < 4.78 is 15.7. The molecule has 1 fully saturated rings. The van der Waals surface area contributed by atoms with E-state index >= 15 is 0 Å². The van der Waals surface area contributed by atoms with Crippen LogP contribution in [-0.4, -0.2) is 44.6 Å². The lowest BCUT2D eigenvalue weighted by molar-refractivity contribution is -0.193. The molecule has 14 heavy (non-hydrogen) atoms. The summed E-state index contributed by atoms with van der Waals surface area (Å²) in [6, 6.07) is -0.211. The summed E-state index contributed by atoms with van der Waals surface area (Å²) in [4.78, 5) is 0. The number of nitrogens with two attached hydrogens (primary N) is 1. The zero-order valence-electron chi connectivity index (χ0n) is 8.68. The van der Waals surface area contributed by atoms with Crippen molar-refractivity contribution < 1.29 is 19.3 Å². The van der Waals surface area contributed by atoms with Gasteiger partial charge in [-0.25, -0.2) is 0 Å². The summed E-state index contributed by atoms with van der Waals surface area (Å²) in [5.74, 6) is 0.201. The van der Waals surface area contributed by atoms with Crippen LogP contribution in [0, 0.1) is 5.92 Å². The molecule has 1 aliphatic rings. The molecule has 5 heteroatoms. The van der Waals surface area contributed by atoms with Crippen molar-refractivity contribution in [3.05, 3.63) is 0 Å². The third kappa shape index (κ3) is 2.90. The average Bonchev–Trinajstić information content (AvgIpc) is 2.60. The van der Waals surface area contributed by atoms with Gasteiger partial charge in [-0.05, 0) is 6.42 Å². The Labute approximate surface area is 84.1 Å². The molecule has 1 rings (SSSR count). The topological polar surface area (TPSA) is 73.9 Å². The molecule has 5 nitrogen and oxygen atoms in total. The zero-order chi connectivity index (χ0) is 10.6. The van der Waals surface area contributed by atoms with E-state index in [-0.39, 0.29) is 31.1 Å². The second kappa shape index (κ2) is 5.63. The molecule has 84 valence electrons. The fraction of sp³-hybridized carbons (Fsp3) is 1.00. The second-order valence-electron chi connectivity index (χ2n) is 3.58. The van der Waals surface area contributed by atoms with Crippen LogP contribution in [0.4, 0.5) is 0 Å². The summed E-state index contributed by atoms with van der Waals surface area (Å²) in [6.07, 6.45) is 0.978. The van der Waals surface area contributed by atoms with Crippen molar-refractivity contribution in [2.45, 2.75) is 31.5 Å². The standard InChI is InChI=1S/C9H19NO4/c1-12-8-4-6(3-7(10)5-11)9(13-2)14-8/h6-9,11H,3-5,10H2,1-2H3. The molecule has 0 aromatic carbocycles. The Balaban J connectivity index is 2.42. The first kappa shape index (κ1) is 11.9. The lowest BCUT2D eigenvalue weighted by Gasteiger charge is -2.18. The lowest BCUT2D eigenvalue weighted by Crippen LogP contribution is -2.30. The molecule has 0 saturated carbocycles. The fourth-order valence-electron chi connectivity index (χ4n) is 1.75. The van der Waals surface area contributed by atoms with Crippen molar-refractivity contribution in [3.8, 4) is 0 Å². The van der Waals surface area contributed by atoms with Crippen molar-refractivity contribution in [1.29, 1.82) is 0 Å². The fourth-order valence-corrected chi connectivity index (χ4v) is 1.75. The molecule has 0 spiro atoms. The third-order valence-electron chi connectivity index (χ3n) is 2.50. The summed E-state index contributed by atoms with van der Waals surface area (Å²) in [5.41, 5.74) is 5.65. The van der Waals surface area contributed by atoms with Crippen LogP contribution in [0.5, 0.6) is 0 Å². The number of hydrogen-bond acceptors (Lipinski definition) is 5. The maximum Gasteiger partial charge on any atom is 0.163 e. The monoisotopic (exact) mass is 205 g/mol. The summed E-state index contributed by atoms with van der Waals surface area (Å²) in [7, 11) is 3.20. The number of ether oxygens (including phenoxy) is 3. The van der Waals surface area contributed by atoms with Gasteiger partial charge in [0.2, 0.25) is 0 Å². The summed E-state index contributed by atoms with van der Waals surface area (Å²) >= 11 is 0. The first-order valence-electron chi connectivity index (χ1n) is 4.78. The number of hydrogen-bond donors (Lipinski definition) is 2. The Bertz CT molecular complexity index is 167. The molecule has 4 unspecified atom stereocenters. The van der Waals surface area contributed by atoms with E-state index in [0.717, 1.165) is 6.42 Å². The van der Waals surface area contributed by atoms with Crippen LogP contribution in [0.1, 0.15) is 12.8 Å². The molecule has 0 aromatic heterocycles. The van der Waals surface area contributed by atoms with Gasteiger partial charge in [-0.2, -0.15) is 0 Å². The highest BCUT2D eigenvalue weighted by molar-refractivity contribution is 4.77. The van der Waals surface area contributed by atoms with Crippen LogP contribution in [0.15, 0.2) is 0 Å². The largest absolute Gasteiger partial charge is 0.395 e. The van der Waals surface area contributed by atoms with E-state index in [0.29, 0.717) is 6.42 Å². The molecular formula is C9H19NO4. The minimum Gasteiger partial charge on any atom is -0.395 e. The maximum absolute atomic E-state index is 8.84. The molecular weight excluding hydrogens is 186 g/mol. The van der Waals surface area contributed by atoms with E-state index in [2.05, 4.69) is 0 Å². The van der Waals surface area contributed by atoms with Crippen LogP contribution >= 0.6 is 0 Å². The number of aliphatic hydroxyl groups excluding tert-OH is 1. The van der Waals surface area contributed by atoms with Gasteiger partial charge in [-0.3, -0.25) is 0 Å². The molecule has 3 N–H and O–H groups in total. The van der Waals surface area contributed by atoms with Crippen molar-refractivity contribution in [1.82, 2.24) is 0 Å². The highest BCUT2D eigenvalue weighted by Gasteiger charge is 2.36. The van der Waals surface area contributed by atoms with Gasteiger partial charge in [0.1, 0.15) is 0 Å². The number of aliphatic hydroxyl groups is 1. The molecule has 4 atom stereocenters. The molecule has 0 amide bonds. The highest BCUT2D eigenvalue weighted by Crippen LogP contribution is 2.30. The SMILES string of the molecule is COC1CC(CC(N)CO)C(OC)O1. The van der Waals surface area contributed by atoms with Crippen LogP contribution in [-0.2, 0) is 14.2 Å². The van der Waals surface area contributed by atoms with Gasteiger partial charge in [0.25, 0.3) is 0 Å². The molecule has 0 aromatic rings. The van der Waals surface area contributed by atoms with E-state index < -0.39 is 0 Å². The van der Waals surface area contributed by atoms with E-state index in [1.807, 2.05) is 0 Å². The van der Waals surface area contributed by atoms with Gasteiger partial charge < -0.3 is 25.1 Å². The molecule has 1 aliphatic heterocycles. The minimum atomic E-state index is -0.266. The first-order chi connectivity index (χ1) is 6.71. The van der Waals surface area contributed by atoms with Crippen LogP contribution < -0.4 is 5.73 Å². The molecule has 0 bridgehead atoms. The summed E-state index contributed by atoms with van der Waals surface area (Å²) in [5, 5.41) is 8.84. The van der Waals surface area contributed by atoms with Crippen LogP contribution in [0.25, 0.3) is 0 Å². The Morgan fingerprint density at radius 1 is 1.50 bits per heavy atom. The quantitative estimate of drug-likeness (QED) is 0.643.